The van der Waals surface area contributed by atoms with E-state index in [9.17, 15) is 18.4 Å². The van der Waals surface area contributed by atoms with Crippen molar-refractivity contribution in [3.63, 3.8) is 0 Å². The van der Waals surface area contributed by atoms with Gasteiger partial charge in [0.1, 0.15) is 11.6 Å². The quantitative estimate of drug-likeness (QED) is 0.772. The van der Waals surface area contributed by atoms with Crippen LogP contribution in [-0.2, 0) is 0 Å². The molecule has 6 heteroatoms. The predicted molar refractivity (Wildman–Crippen MR) is 51.4 cm³/mol. The number of rotatable bonds is 1. The Morgan fingerprint density at radius 2 is 1.94 bits per heavy atom. The molecule has 0 aliphatic carbocycles. The lowest BCUT2D eigenvalue weighted by Crippen LogP contribution is -2.11. The SMILES string of the molecule is O=C(O)c1cc(=O)[nH]c2c(F)cc(F)cc12. The standard InChI is InChI=1S/C10H5F2NO3/c11-4-1-5-6(10(15)16)3-8(14)13-9(5)7(12)2-4/h1-3H,(H,13,14)(H,15,16). The zero-order valence-corrected chi connectivity index (χ0v) is 7.75. The van der Waals surface area contributed by atoms with Crippen LogP contribution in [0.15, 0.2) is 23.0 Å². The molecule has 0 atom stereocenters. The van der Waals surface area contributed by atoms with Gasteiger partial charge in [-0.1, -0.05) is 0 Å². The molecule has 4 nitrogen and oxygen atoms in total. The number of nitrogens with one attached hydrogen (secondary N) is 1. The number of carboxylic acid groups (broad SMARTS) is 1. The second-order valence-electron chi connectivity index (χ2n) is 3.16. The van der Waals surface area contributed by atoms with Crippen molar-refractivity contribution in [1.82, 2.24) is 4.98 Å². The zero-order chi connectivity index (χ0) is 11.9. The van der Waals surface area contributed by atoms with Gasteiger partial charge in [0, 0.05) is 17.5 Å². The molecule has 0 bridgehead atoms. The van der Waals surface area contributed by atoms with Crippen molar-refractivity contribution in [2.45, 2.75) is 0 Å². The molecule has 2 N–H and O–H groups in total. The number of carbonyl (C=O) groups is 1. The fourth-order valence-corrected chi connectivity index (χ4v) is 1.46. The fraction of sp³-hybridized carbons (Fsp3) is 0. The van der Waals surface area contributed by atoms with E-state index in [2.05, 4.69) is 4.98 Å². The first kappa shape index (κ1) is 10.3. The highest BCUT2D eigenvalue weighted by atomic mass is 19.1. The monoisotopic (exact) mass is 225 g/mol. The minimum atomic E-state index is -1.42. The number of fused-ring (bicyclic) bond motifs is 1. The van der Waals surface area contributed by atoms with Crippen molar-refractivity contribution in [2.24, 2.45) is 0 Å². The summed E-state index contributed by atoms with van der Waals surface area (Å²) in [5.41, 5.74) is -1.50. The molecular weight excluding hydrogens is 220 g/mol. The van der Waals surface area contributed by atoms with Gasteiger partial charge in [-0.05, 0) is 6.07 Å². The molecule has 0 spiro atoms. The smallest absolute Gasteiger partial charge is 0.336 e. The van der Waals surface area contributed by atoms with Crippen LogP contribution in [0, 0.1) is 11.6 Å². The first-order valence-electron chi connectivity index (χ1n) is 4.24. The molecule has 0 amide bonds. The molecule has 0 aliphatic heterocycles. The largest absolute Gasteiger partial charge is 0.478 e. The van der Waals surface area contributed by atoms with Crippen LogP contribution in [0.4, 0.5) is 8.78 Å². The first-order chi connectivity index (χ1) is 7.49. The molecule has 82 valence electrons. The topological polar surface area (TPSA) is 70.2 Å². The Morgan fingerprint density at radius 3 is 2.56 bits per heavy atom. The first-order valence-corrected chi connectivity index (χ1v) is 4.24. The van der Waals surface area contributed by atoms with Gasteiger partial charge in [-0.15, -0.1) is 0 Å². The number of pyridine rings is 1. The molecule has 1 aromatic heterocycles. The molecule has 2 aromatic rings. The Labute approximate surface area is 87.1 Å². The van der Waals surface area contributed by atoms with Gasteiger partial charge in [-0.25, -0.2) is 13.6 Å². The van der Waals surface area contributed by atoms with Gasteiger partial charge in [0.05, 0.1) is 11.1 Å². The van der Waals surface area contributed by atoms with Gasteiger partial charge in [-0.2, -0.15) is 0 Å². The van der Waals surface area contributed by atoms with E-state index in [0.29, 0.717) is 6.07 Å². The lowest BCUT2D eigenvalue weighted by molar-refractivity contribution is 0.0699. The molecule has 0 saturated carbocycles. The number of benzene rings is 1. The molecule has 0 radical (unpaired) electrons. The summed E-state index contributed by atoms with van der Waals surface area (Å²) in [6, 6.07) is 2.21. The molecule has 0 fully saturated rings. The van der Waals surface area contributed by atoms with E-state index in [-0.39, 0.29) is 10.9 Å². The summed E-state index contributed by atoms with van der Waals surface area (Å²) in [4.78, 5) is 24.0. The number of aromatic nitrogens is 1. The van der Waals surface area contributed by atoms with Crippen LogP contribution in [0.3, 0.4) is 0 Å². The second-order valence-corrected chi connectivity index (χ2v) is 3.16. The fourth-order valence-electron chi connectivity index (χ4n) is 1.46. The van der Waals surface area contributed by atoms with Crippen LogP contribution in [-0.4, -0.2) is 16.1 Å². The Hall–Kier alpha value is -2.24. The van der Waals surface area contributed by atoms with Crippen molar-refractivity contribution in [2.75, 3.05) is 0 Å². The average molecular weight is 225 g/mol. The van der Waals surface area contributed by atoms with Gasteiger partial charge in [0.2, 0.25) is 5.56 Å². The summed E-state index contributed by atoms with van der Waals surface area (Å²) in [6.45, 7) is 0. The number of H-pyrrole nitrogens is 1. The van der Waals surface area contributed by atoms with Crippen LogP contribution in [0.5, 0.6) is 0 Å². The van der Waals surface area contributed by atoms with E-state index in [1.54, 1.807) is 0 Å². The maximum absolute atomic E-state index is 13.3. The lowest BCUT2D eigenvalue weighted by Gasteiger charge is -2.03. The summed E-state index contributed by atoms with van der Waals surface area (Å²) in [7, 11) is 0. The number of carboxylic acids is 1. The maximum Gasteiger partial charge on any atom is 0.336 e. The highest BCUT2D eigenvalue weighted by Gasteiger charge is 2.14. The second kappa shape index (κ2) is 3.41. The van der Waals surface area contributed by atoms with E-state index in [4.69, 9.17) is 5.11 Å². The molecule has 16 heavy (non-hydrogen) atoms. The van der Waals surface area contributed by atoms with Crippen LogP contribution in [0.2, 0.25) is 0 Å². The zero-order valence-electron chi connectivity index (χ0n) is 7.75. The van der Waals surface area contributed by atoms with Gasteiger partial charge < -0.3 is 10.1 Å². The van der Waals surface area contributed by atoms with Crippen molar-refractivity contribution in [1.29, 1.82) is 0 Å². The van der Waals surface area contributed by atoms with Gasteiger partial charge in [0.15, 0.2) is 0 Å². The third kappa shape index (κ3) is 1.54. The predicted octanol–water partition coefficient (Wildman–Crippen LogP) is 1.50. The van der Waals surface area contributed by atoms with E-state index in [1.165, 1.54) is 0 Å². The van der Waals surface area contributed by atoms with E-state index < -0.39 is 28.7 Å². The van der Waals surface area contributed by atoms with Gasteiger partial charge >= 0.3 is 5.97 Å². The molecule has 0 saturated heterocycles. The molecular formula is C10H5F2NO3. The molecule has 1 aromatic carbocycles. The van der Waals surface area contributed by atoms with Crippen molar-refractivity contribution in [3.05, 3.63) is 45.8 Å². The lowest BCUT2D eigenvalue weighted by atomic mass is 10.1. The minimum absolute atomic E-state index is 0.176. The number of halogens is 2. The third-order valence-corrected chi connectivity index (χ3v) is 2.10. The summed E-state index contributed by atoms with van der Waals surface area (Å²) in [6.07, 6.45) is 0. The molecule has 1 heterocycles. The minimum Gasteiger partial charge on any atom is -0.478 e. The van der Waals surface area contributed by atoms with E-state index >= 15 is 0 Å². The number of hydrogen-bond acceptors (Lipinski definition) is 2. The average Bonchev–Trinajstić information content (AvgIpc) is 2.18. The van der Waals surface area contributed by atoms with Gasteiger partial charge in [-0.3, -0.25) is 4.79 Å². The Balaban J connectivity index is 3.01. The van der Waals surface area contributed by atoms with E-state index in [0.717, 1.165) is 12.1 Å². The van der Waals surface area contributed by atoms with Crippen molar-refractivity contribution < 1.29 is 18.7 Å². The normalized spacial score (nSPS) is 10.6. The maximum atomic E-state index is 13.3. The van der Waals surface area contributed by atoms with E-state index in [1.807, 2.05) is 0 Å². The number of aromatic carboxylic acids is 1. The highest BCUT2D eigenvalue weighted by Crippen LogP contribution is 2.19. The molecule has 2 rings (SSSR count). The number of hydrogen-bond donors (Lipinski definition) is 2. The third-order valence-electron chi connectivity index (χ3n) is 2.10. The highest BCUT2D eigenvalue weighted by molar-refractivity contribution is 6.02. The van der Waals surface area contributed by atoms with Crippen LogP contribution in [0.1, 0.15) is 10.4 Å². The van der Waals surface area contributed by atoms with Crippen LogP contribution >= 0.6 is 0 Å². The summed E-state index contributed by atoms with van der Waals surface area (Å²) in [5.74, 6) is -3.32. The summed E-state index contributed by atoms with van der Waals surface area (Å²) >= 11 is 0. The Bertz CT molecular complexity index is 648. The summed E-state index contributed by atoms with van der Waals surface area (Å²) < 4.78 is 26.2. The van der Waals surface area contributed by atoms with Crippen molar-refractivity contribution >= 4 is 16.9 Å². The molecule has 0 aliphatic rings. The Kier molecular flexibility index (Phi) is 2.19. The molecule has 0 unspecified atom stereocenters. The van der Waals surface area contributed by atoms with Gasteiger partial charge in [0.25, 0.3) is 0 Å². The van der Waals surface area contributed by atoms with Crippen LogP contribution < -0.4 is 5.56 Å². The summed E-state index contributed by atoms with van der Waals surface area (Å²) in [5, 5.41) is 8.62. The number of aromatic amines is 1. The van der Waals surface area contributed by atoms with Crippen LogP contribution in [0.25, 0.3) is 10.9 Å². The van der Waals surface area contributed by atoms with Crippen molar-refractivity contribution in [3.8, 4) is 0 Å². The Morgan fingerprint density at radius 1 is 1.25 bits per heavy atom.